The molecule has 8 heteroatoms. The quantitative estimate of drug-likeness (QED) is 0.277. The molecule has 0 aliphatic heterocycles. The molecule has 36 heavy (non-hydrogen) atoms. The Morgan fingerprint density at radius 2 is 1.61 bits per heavy atom. The molecule has 4 aromatic rings. The molecule has 1 heterocycles. The zero-order valence-corrected chi connectivity index (χ0v) is 21.3. The summed E-state index contributed by atoms with van der Waals surface area (Å²) in [6, 6.07) is 20.6. The highest BCUT2D eigenvalue weighted by Crippen LogP contribution is 2.28. The number of aromatic nitrogens is 2. The van der Waals surface area contributed by atoms with Crippen LogP contribution in [0.3, 0.4) is 0 Å². The fraction of sp³-hybridized carbons (Fsp3) is 0.250. The molecule has 0 aliphatic carbocycles. The standard InChI is InChI=1S/C28H28ClN3O4/c1-19-4-7-22(8-5-19)28(33)32(16-14-20-6-13-24(34-2)25(18-20)35-3)17-15-26-30-27(31-36-26)21-9-11-23(29)12-10-21/h4-13,18H,14-17H2,1-3H3. The number of ether oxygens (including phenoxy) is 2. The minimum atomic E-state index is -0.0482. The second-order valence-electron chi connectivity index (χ2n) is 8.37. The summed E-state index contributed by atoms with van der Waals surface area (Å²) in [7, 11) is 3.22. The van der Waals surface area contributed by atoms with Crippen LogP contribution in [-0.2, 0) is 12.8 Å². The van der Waals surface area contributed by atoms with E-state index in [1.807, 2.05) is 66.4 Å². The molecule has 0 radical (unpaired) electrons. The maximum Gasteiger partial charge on any atom is 0.253 e. The number of hydrogen-bond donors (Lipinski definition) is 0. The fourth-order valence-electron chi connectivity index (χ4n) is 3.80. The van der Waals surface area contributed by atoms with Gasteiger partial charge in [-0.1, -0.05) is 40.5 Å². The Bertz CT molecular complexity index is 1300. The number of benzene rings is 3. The van der Waals surface area contributed by atoms with E-state index in [0.29, 0.717) is 59.7 Å². The van der Waals surface area contributed by atoms with Crippen LogP contribution in [0.25, 0.3) is 11.4 Å². The molecule has 0 aliphatic rings. The van der Waals surface area contributed by atoms with Crippen molar-refractivity contribution >= 4 is 17.5 Å². The first kappa shape index (κ1) is 25.3. The predicted octanol–water partition coefficient (Wildman–Crippen LogP) is 5.64. The van der Waals surface area contributed by atoms with Crippen molar-refractivity contribution in [1.29, 1.82) is 0 Å². The number of carbonyl (C=O) groups excluding carboxylic acids is 1. The lowest BCUT2D eigenvalue weighted by Crippen LogP contribution is -2.34. The number of rotatable bonds is 10. The van der Waals surface area contributed by atoms with Crippen LogP contribution < -0.4 is 9.47 Å². The zero-order chi connectivity index (χ0) is 25.5. The largest absolute Gasteiger partial charge is 0.493 e. The summed E-state index contributed by atoms with van der Waals surface area (Å²) < 4.78 is 16.2. The van der Waals surface area contributed by atoms with Gasteiger partial charge < -0.3 is 18.9 Å². The molecule has 0 bridgehead atoms. The first-order valence-electron chi connectivity index (χ1n) is 11.6. The van der Waals surface area contributed by atoms with Crippen molar-refractivity contribution in [2.45, 2.75) is 19.8 Å². The molecular weight excluding hydrogens is 478 g/mol. The van der Waals surface area contributed by atoms with Gasteiger partial charge in [0.15, 0.2) is 11.5 Å². The molecule has 1 aromatic heterocycles. The third kappa shape index (κ3) is 6.23. The molecule has 4 rings (SSSR count). The number of aryl methyl sites for hydroxylation is 1. The van der Waals surface area contributed by atoms with Gasteiger partial charge in [-0.25, -0.2) is 0 Å². The van der Waals surface area contributed by atoms with Gasteiger partial charge >= 0.3 is 0 Å². The maximum absolute atomic E-state index is 13.4. The van der Waals surface area contributed by atoms with Crippen LogP contribution in [0.15, 0.2) is 71.3 Å². The second-order valence-corrected chi connectivity index (χ2v) is 8.80. The van der Waals surface area contributed by atoms with Gasteiger partial charge in [0.05, 0.1) is 14.2 Å². The monoisotopic (exact) mass is 505 g/mol. The van der Waals surface area contributed by atoms with E-state index in [-0.39, 0.29) is 5.91 Å². The Balaban J connectivity index is 1.48. The lowest BCUT2D eigenvalue weighted by molar-refractivity contribution is 0.0756. The minimum Gasteiger partial charge on any atom is -0.493 e. The van der Waals surface area contributed by atoms with Crippen molar-refractivity contribution in [3.05, 3.63) is 94.3 Å². The number of nitrogens with zero attached hydrogens (tertiary/aromatic N) is 3. The first-order valence-corrected chi connectivity index (χ1v) is 12.0. The van der Waals surface area contributed by atoms with Crippen LogP contribution in [-0.4, -0.2) is 48.3 Å². The Morgan fingerprint density at radius 3 is 2.31 bits per heavy atom. The zero-order valence-electron chi connectivity index (χ0n) is 20.5. The van der Waals surface area contributed by atoms with E-state index in [2.05, 4.69) is 10.1 Å². The Morgan fingerprint density at radius 1 is 0.917 bits per heavy atom. The summed E-state index contributed by atoms with van der Waals surface area (Å²) >= 11 is 5.97. The summed E-state index contributed by atoms with van der Waals surface area (Å²) in [6.07, 6.45) is 1.09. The first-order chi connectivity index (χ1) is 17.5. The number of hydrogen-bond acceptors (Lipinski definition) is 6. The van der Waals surface area contributed by atoms with Crippen molar-refractivity contribution in [2.75, 3.05) is 27.3 Å². The van der Waals surface area contributed by atoms with Crippen LogP contribution in [0.4, 0.5) is 0 Å². The molecule has 0 spiro atoms. The summed E-state index contributed by atoms with van der Waals surface area (Å²) in [6.45, 7) is 2.94. The van der Waals surface area contributed by atoms with Gasteiger partial charge in [-0.3, -0.25) is 4.79 Å². The molecule has 7 nitrogen and oxygen atoms in total. The highest BCUT2D eigenvalue weighted by Gasteiger charge is 2.18. The normalized spacial score (nSPS) is 10.8. The van der Waals surface area contributed by atoms with Crippen molar-refractivity contribution in [1.82, 2.24) is 15.0 Å². The van der Waals surface area contributed by atoms with Gasteiger partial charge in [-0.05, 0) is 67.4 Å². The van der Waals surface area contributed by atoms with E-state index >= 15 is 0 Å². The predicted molar refractivity (Wildman–Crippen MR) is 139 cm³/mol. The van der Waals surface area contributed by atoms with Gasteiger partial charge in [0.2, 0.25) is 11.7 Å². The summed E-state index contributed by atoms with van der Waals surface area (Å²) in [5.74, 6) is 2.23. The fourth-order valence-corrected chi connectivity index (χ4v) is 3.92. The van der Waals surface area contributed by atoms with Gasteiger partial charge in [0.1, 0.15) is 0 Å². The van der Waals surface area contributed by atoms with E-state index in [4.69, 9.17) is 25.6 Å². The van der Waals surface area contributed by atoms with Crippen LogP contribution >= 0.6 is 11.6 Å². The highest BCUT2D eigenvalue weighted by molar-refractivity contribution is 6.30. The van der Waals surface area contributed by atoms with Crippen molar-refractivity contribution in [3.8, 4) is 22.9 Å². The molecular formula is C28H28ClN3O4. The molecule has 0 atom stereocenters. The lowest BCUT2D eigenvalue weighted by atomic mass is 10.1. The highest BCUT2D eigenvalue weighted by atomic mass is 35.5. The molecule has 0 unspecified atom stereocenters. The number of halogens is 1. The van der Waals surface area contributed by atoms with Crippen LogP contribution in [0.2, 0.25) is 5.02 Å². The Kier molecular flexibility index (Phi) is 8.23. The van der Waals surface area contributed by atoms with E-state index < -0.39 is 0 Å². The average molecular weight is 506 g/mol. The van der Waals surface area contributed by atoms with E-state index in [1.165, 1.54) is 0 Å². The molecule has 3 aromatic carbocycles. The van der Waals surface area contributed by atoms with Crippen LogP contribution in [0.1, 0.15) is 27.4 Å². The summed E-state index contributed by atoms with van der Waals surface area (Å²) in [5.41, 5.74) is 3.59. The van der Waals surface area contributed by atoms with Crippen molar-refractivity contribution in [3.63, 3.8) is 0 Å². The third-order valence-electron chi connectivity index (χ3n) is 5.87. The van der Waals surface area contributed by atoms with Crippen molar-refractivity contribution < 1.29 is 18.8 Å². The molecule has 0 saturated heterocycles. The Hall–Kier alpha value is -3.84. The lowest BCUT2D eigenvalue weighted by Gasteiger charge is -2.22. The summed E-state index contributed by atoms with van der Waals surface area (Å²) in [4.78, 5) is 19.7. The molecule has 186 valence electrons. The van der Waals surface area contributed by atoms with Gasteiger partial charge in [-0.15, -0.1) is 0 Å². The molecule has 1 amide bonds. The van der Waals surface area contributed by atoms with Gasteiger partial charge in [0.25, 0.3) is 5.91 Å². The second kappa shape index (κ2) is 11.7. The van der Waals surface area contributed by atoms with Crippen molar-refractivity contribution in [2.24, 2.45) is 0 Å². The topological polar surface area (TPSA) is 77.7 Å². The third-order valence-corrected chi connectivity index (χ3v) is 6.12. The molecule has 0 fully saturated rings. The van der Waals surface area contributed by atoms with Gasteiger partial charge in [0, 0.05) is 35.7 Å². The summed E-state index contributed by atoms with van der Waals surface area (Å²) in [5, 5.41) is 4.72. The SMILES string of the molecule is COc1ccc(CCN(CCc2nc(-c3ccc(Cl)cc3)no2)C(=O)c2ccc(C)cc2)cc1OC. The Labute approximate surface area is 215 Å². The van der Waals surface area contributed by atoms with Crippen LogP contribution in [0, 0.1) is 6.92 Å². The number of carbonyl (C=O) groups is 1. The van der Waals surface area contributed by atoms with E-state index in [0.717, 1.165) is 16.7 Å². The number of amides is 1. The van der Waals surface area contributed by atoms with E-state index in [9.17, 15) is 4.79 Å². The average Bonchev–Trinajstić information content (AvgIpc) is 3.38. The van der Waals surface area contributed by atoms with E-state index in [1.54, 1.807) is 26.4 Å². The van der Waals surface area contributed by atoms with Gasteiger partial charge in [-0.2, -0.15) is 4.98 Å². The van der Waals surface area contributed by atoms with Crippen LogP contribution in [0.5, 0.6) is 11.5 Å². The molecule has 0 N–H and O–H groups in total. The minimum absolute atomic E-state index is 0.0482. The number of methoxy groups -OCH3 is 2. The smallest absolute Gasteiger partial charge is 0.253 e. The maximum atomic E-state index is 13.4. The molecule has 0 saturated carbocycles.